The second-order valence-electron chi connectivity index (χ2n) is 7.00. The number of anilines is 2. The Morgan fingerprint density at radius 2 is 1.86 bits per heavy atom. The summed E-state index contributed by atoms with van der Waals surface area (Å²) in [6, 6.07) is 10.2. The molecule has 1 saturated heterocycles. The van der Waals surface area contributed by atoms with Crippen molar-refractivity contribution in [3.8, 4) is 0 Å². The van der Waals surface area contributed by atoms with E-state index in [9.17, 15) is 18.0 Å². The van der Waals surface area contributed by atoms with Gasteiger partial charge < -0.3 is 10.2 Å². The van der Waals surface area contributed by atoms with Gasteiger partial charge in [-0.2, -0.15) is 0 Å². The summed E-state index contributed by atoms with van der Waals surface area (Å²) < 4.78 is 23.3. The standard InChI is InChI=1S/C20H23N3O4S/c1-13-10-17(28(21,26)27)12-18(14(13)2)22-19(24)11-15-5-7-16(8-6-15)23-9-3-4-20(23)25/h5-8,10,12H,3-4,9,11H2,1-2H3,(H,22,24)(H2,21,26,27). The Morgan fingerprint density at radius 1 is 1.18 bits per heavy atom. The number of benzene rings is 2. The fourth-order valence-electron chi connectivity index (χ4n) is 3.22. The fraction of sp³-hybridized carbons (Fsp3) is 0.300. The highest BCUT2D eigenvalue weighted by atomic mass is 32.2. The van der Waals surface area contributed by atoms with E-state index in [1.165, 1.54) is 12.1 Å². The average Bonchev–Trinajstić information content (AvgIpc) is 3.04. The van der Waals surface area contributed by atoms with Crippen molar-refractivity contribution >= 4 is 33.2 Å². The van der Waals surface area contributed by atoms with Crippen LogP contribution in [0.25, 0.3) is 0 Å². The molecule has 0 aromatic heterocycles. The molecule has 1 fully saturated rings. The van der Waals surface area contributed by atoms with Crippen molar-refractivity contribution < 1.29 is 18.0 Å². The monoisotopic (exact) mass is 401 g/mol. The minimum Gasteiger partial charge on any atom is -0.326 e. The fourth-order valence-corrected chi connectivity index (χ4v) is 3.84. The first kappa shape index (κ1) is 20.0. The molecule has 0 radical (unpaired) electrons. The maximum absolute atomic E-state index is 12.4. The van der Waals surface area contributed by atoms with Crippen LogP contribution in [-0.2, 0) is 26.0 Å². The Labute approximate surface area is 164 Å². The minimum absolute atomic E-state index is 0.0365. The zero-order valence-corrected chi connectivity index (χ0v) is 16.7. The van der Waals surface area contributed by atoms with Crippen LogP contribution in [0.15, 0.2) is 41.3 Å². The van der Waals surface area contributed by atoms with Gasteiger partial charge >= 0.3 is 0 Å². The van der Waals surface area contributed by atoms with Gasteiger partial charge in [-0.05, 0) is 61.2 Å². The normalized spacial score (nSPS) is 14.4. The average molecular weight is 401 g/mol. The van der Waals surface area contributed by atoms with Gasteiger partial charge in [0.05, 0.1) is 11.3 Å². The maximum Gasteiger partial charge on any atom is 0.238 e. The number of carbonyl (C=O) groups excluding carboxylic acids is 2. The molecule has 8 heteroatoms. The van der Waals surface area contributed by atoms with Crippen LogP contribution in [0.4, 0.5) is 11.4 Å². The summed E-state index contributed by atoms with van der Waals surface area (Å²) in [6.07, 6.45) is 1.56. The molecule has 0 bridgehead atoms. The lowest BCUT2D eigenvalue weighted by molar-refractivity contribution is -0.117. The summed E-state index contributed by atoms with van der Waals surface area (Å²) in [7, 11) is -3.86. The van der Waals surface area contributed by atoms with Crippen molar-refractivity contribution in [3.63, 3.8) is 0 Å². The Hall–Kier alpha value is -2.71. The highest BCUT2D eigenvalue weighted by Crippen LogP contribution is 2.24. The van der Waals surface area contributed by atoms with Crippen LogP contribution in [0.5, 0.6) is 0 Å². The highest BCUT2D eigenvalue weighted by Gasteiger charge is 2.21. The zero-order valence-electron chi connectivity index (χ0n) is 15.9. The molecule has 148 valence electrons. The molecule has 2 aromatic rings. The number of carbonyl (C=O) groups is 2. The van der Waals surface area contributed by atoms with Crippen molar-refractivity contribution in [3.05, 3.63) is 53.1 Å². The Kier molecular flexibility index (Phi) is 5.53. The van der Waals surface area contributed by atoms with Crippen LogP contribution in [-0.4, -0.2) is 26.8 Å². The van der Waals surface area contributed by atoms with E-state index in [1.54, 1.807) is 18.7 Å². The largest absolute Gasteiger partial charge is 0.326 e. The summed E-state index contributed by atoms with van der Waals surface area (Å²) in [5, 5.41) is 7.97. The summed E-state index contributed by atoms with van der Waals surface area (Å²) in [6.45, 7) is 4.29. The quantitative estimate of drug-likeness (QED) is 0.801. The Bertz CT molecular complexity index is 1030. The predicted octanol–water partition coefficient (Wildman–Crippen LogP) is 2.26. The smallest absolute Gasteiger partial charge is 0.238 e. The van der Waals surface area contributed by atoms with E-state index in [0.717, 1.165) is 35.3 Å². The summed E-state index contributed by atoms with van der Waals surface area (Å²) >= 11 is 0. The molecule has 3 rings (SSSR count). The third-order valence-electron chi connectivity index (χ3n) is 4.93. The van der Waals surface area contributed by atoms with Gasteiger partial charge in [-0.1, -0.05) is 12.1 Å². The van der Waals surface area contributed by atoms with Gasteiger partial charge in [0.25, 0.3) is 0 Å². The SMILES string of the molecule is Cc1cc(S(N)(=O)=O)cc(NC(=O)Cc2ccc(N3CCCC3=O)cc2)c1C. The van der Waals surface area contributed by atoms with Crippen LogP contribution in [0.2, 0.25) is 0 Å². The summed E-state index contributed by atoms with van der Waals surface area (Å²) in [5.41, 5.74) is 3.56. The molecule has 0 spiro atoms. The molecular formula is C20H23N3O4S. The number of hydrogen-bond donors (Lipinski definition) is 2. The first-order valence-electron chi connectivity index (χ1n) is 8.98. The summed E-state index contributed by atoms with van der Waals surface area (Å²) in [4.78, 5) is 26.0. The van der Waals surface area contributed by atoms with Gasteiger partial charge in [-0.25, -0.2) is 13.6 Å². The topological polar surface area (TPSA) is 110 Å². The van der Waals surface area contributed by atoms with Gasteiger partial charge in [-0.15, -0.1) is 0 Å². The van der Waals surface area contributed by atoms with Gasteiger partial charge in [0.15, 0.2) is 0 Å². The number of nitrogens with zero attached hydrogens (tertiary/aromatic N) is 1. The lowest BCUT2D eigenvalue weighted by Gasteiger charge is -2.16. The van der Waals surface area contributed by atoms with Gasteiger partial charge in [0, 0.05) is 24.3 Å². The molecule has 1 aliphatic heterocycles. The minimum atomic E-state index is -3.86. The predicted molar refractivity (Wildman–Crippen MR) is 108 cm³/mol. The first-order chi connectivity index (χ1) is 13.1. The second kappa shape index (κ2) is 7.73. The van der Waals surface area contributed by atoms with Crippen molar-refractivity contribution in [2.45, 2.75) is 38.0 Å². The lowest BCUT2D eigenvalue weighted by Crippen LogP contribution is -2.23. The molecule has 1 heterocycles. The van der Waals surface area contributed by atoms with Crippen molar-refractivity contribution in [1.82, 2.24) is 0 Å². The van der Waals surface area contributed by atoms with Crippen molar-refractivity contribution in [2.75, 3.05) is 16.8 Å². The molecule has 0 saturated carbocycles. The molecular weight excluding hydrogens is 378 g/mol. The molecule has 1 aliphatic rings. The van der Waals surface area contributed by atoms with E-state index in [1.807, 2.05) is 24.3 Å². The molecule has 7 nitrogen and oxygen atoms in total. The number of aryl methyl sites for hydroxylation is 1. The van der Waals surface area contributed by atoms with Crippen LogP contribution in [0.3, 0.4) is 0 Å². The third kappa shape index (κ3) is 4.40. The Balaban J connectivity index is 1.72. The number of amides is 2. The second-order valence-corrected chi connectivity index (χ2v) is 8.56. The number of nitrogens with two attached hydrogens (primary N) is 1. The van der Waals surface area contributed by atoms with E-state index in [0.29, 0.717) is 12.1 Å². The van der Waals surface area contributed by atoms with Gasteiger partial charge in [0.1, 0.15) is 0 Å². The van der Waals surface area contributed by atoms with Crippen molar-refractivity contribution in [1.29, 1.82) is 0 Å². The Morgan fingerprint density at radius 3 is 2.43 bits per heavy atom. The zero-order chi connectivity index (χ0) is 20.5. The molecule has 3 N–H and O–H groups in total. The van der Waals surface area contributed by atoms with E-state index < -0.39 is 10.0 Å². The van der Waals surface area contributed by atoms with Gasteiger partial charge in [0.2, 0.25) is 21.8 Å². The van der Waals surface area contributed by atoms with Crippen LogP contribution < -0.4 is 15.4 Å². The number of nitrogens with one attached hydrogen (secondary N) is 1. The number of primary sulfonamides is 1. The number of sulfonamides is 1. The van der Waals surface area contributed by atoms with Crippen molar-refractivity contribution in [2.24, 2.45) is 5.14 Å². The molecule has 0 atom stereocenters. The molecule has 2 aromatic carbocycles. The number of hydrogen-bond acceptors (Lipinski definition) is 4. The van der Waals surface area contributed by atoms with E-state index >= 15 is 0 Å². The van der Waals surface area contributed by atoms with E-state index in [4.69, 9.17) is 5.14 Å². The van der Waals surface area contributed by atoms with Crippen LogP contribution in [0.1, 0.15) is 29.5 Å². The van der Waals surface area contributed by atoms with E-state index in [2.05, 4.69) is 5.32 Å². The number of rotatable bonds is 5. The third-order valence-corrected chi connectivity index (χ3v) is 5.82. The molecule has 0 unspecified atom stereocenters. The molecule has 2 amide bonds. The molecule has 28 heavy (non-hydrogen) atoms. The molecule has 0 aliphatic carbocycles. The van der Waals surface area contributed by atoms with Crippen LogP contribution >= 0.6 is 0 Å². The lowest BCUT2D eigenvalue weighted by atomic mass is 10.1. The van der Waals surface area contributed by atoms with Gasteiger partial charge in [-0.3, -0.25) is 9.59 Å². The van der Waals surface area contributed by atoms with Crippen LogP contribution in [0, 0.1) is 13.8 Å². The first-order valence-corrected chi connectivity index (χ1v) is 10.5. The maximum atomic E-state index is 12.4. The summed E-state index contributed by atoms with van der Waals surface area (Å²) in [5.74, 6) is -0.148. The highest BCUT2D eigenvalue weighted by molar-refractivity contribution is 7.89. The van der Waals surface area contributed by atoms with E-state index in [-0.39, 0.29) is 23.1 Å².